The van der Waals surface area contributed by atoms with Crippen LogP contribution in [0.25, 0.3) is 0 Å². The van der Waals surface area contributed by atoms with Gasteiger partial charge in [0.05, 0.1) is 5.69 Å². The van der Waals surface area contributed by atoms with E-state index in [0.29, 0.717) is 0 Å². The fraction of sp³-hybridized carbons (Fsp3) is 0.176. The molecule has 1 saturated heterocycles. The number of urea groups is 1. The van der Waals surface area contributed by atoms with E-state index >= 15 is 0 Å². The average Bonchev–Trinajstić information content (AvgIpc) is 2.94. The smallest absolute Gasteiger partial charge is 0.322 e. The lowest BCUT2D eigenvalue weighted by Gasteiger charge is -2.18. The molecule has 0 atom stereocenters. The zero-order chi connectivity index (χ0) is 18.8. The van der Waals surface area contributed by atoms with Crippen molar-refractivity contribution in [3.05, 3.63) is 59.7 Å². The van der Waals surface area contributed by atoms with Crippen molar-refractivity contribution in [2.24, 2.45) is 0 Å². The molecule has 3 rings (SSSR count). The van der Waals surface area contributed by atoms with Gasteiger partial charge in [0.1, 0.15) is 18.2 Å². The fourth-order valence-corrected chi connectivity index (χ4v) is 2.58. The van der Waals surface area contributed by atoms with Crippen LogP contribution in [0.2, 0.25) is 0 Å². The monoisotopic (exact) mass is 367 g/mol. The first-order valence-corrected chi connectivity index (χ1v) is 7.61. The summed E-state index contributed by atoms with van der Waals surface area (Å²) in [5.41, 5.74) is -0.174. The van der Waals surface area contributed by atoms with Crippen molar-refractivity contribution in [2.45, 2.75) is 0 Å². The highest BCUT2D eigenvalue weighted by molar-refractivity contribution is 5.99. The van der Waals surface area contributed by atoms with Gasteiger partial charge in [-0.25, -0.2) is 22.4 Å². The predicted molar refractivity (Wildman–Crippen MR) is 85.7 cm³/mol. The lowest BCUT2D eigenvalue weighted by molar-refractivity contribution is -0.116. The molecule has 1 aliphatic heterocycles. The summed E-state index contributed by atoms with van der Waals surface area (Å²) in [4.78, 5) is 26.7. The van der Waals surface area contributed by atoms with Gasteiger partial charge in [-0.2, -0.15) is 0 Å². The first-order chi connectivity index (χ1) is 12.3. The van der Waals surface area contributed by atoms with Gasteiger partial charge >= 0.3 is 6.03 Å². The molecule has 0 unspecified atom stereocenters. The summed E-state index contributed by atoms with van der Waals surface area (Å²) in [6.07, 6.45) is 0. The second-order valence-corrected chi connectivity index (χ2v) is 5.63. The van der Waals surface area contributed by atoms with Crippen LogP contribution in [0.1, 0.15) is 0 Å². The molecule has 0 bridgehead atoms. The van der Waals surface area contributed by atoms with Gasteiger partial charge in [0, 0.05) is 30.9 Å². The Labute approximate surface area is 145 Å². The quantitative estimate of drug-likeness (QED) is 0.845. The highest BCUT2D eigenvalue weighted by Crippen LogP contribution is 2.22. The molecule has 0 aliphatic carbocycles. The molecule has 2 aromatic carbocycles. The van der Waals surface area contributed by atoms with Crippen molar-refractivity contribution < 1.29 is 27.2 Å². The number of halogens is 4. The molecule has 1 N–H and O–H groups in total. The Morgan fingerprint density at radius 2 is 1.69 bits per heavy atom. The zero-order valence-corrected chi connectivity index (χ0v) is 13.3. The van der Waals surface area contributed by atoms with Crippen LogP contribution in [0, 0.1) is 23.3 Å². The highest BCUT2D eigenvalue weighted by atomic mass is 19.2. The minimum atomic E-state index is -1.09. The zero-order valence-electron chi connectivity index (χ0n) is 13.3. The topological polar surface area (TPSA) is 52.7 Å². The second kappa shape index (κ2) is 7.03. The van der Waals surface area contributed by atoms with Crippen molar-refractivity contribution in [1.29, 1.82) is 0 Å². The third-order valence-corrected chi connectivity index (χ3v) is 3.85. The highest BCUT2D eigenvalue weighted by Gasteiger charge is 2.31. The van der Waals surface area contributed by atoms with Crippen molar-refractivity contribution in [3.8, 4) is 0 Å². The Kier molecular flexibility index (Phi) is 4.79. The summed E-state index contributed by atoms with van der Waals surface area (Å²) < 4.78 is 53.0. The van der Waals surface area contributed by atoms with Gasteiger partial charge in [-0.3, -0.25) is 9.69 Å². The van der Waals surface area contributed by atoms with Crippen LogP contribution in [0.4, 0.5) is 33.7 Å². The maximum Gasteiger partial charge on any atom is 0.325 e. The fourth-order valence-electron chi connectivity index (χ4n) is 2.58. The van der Waals surface area contributed by atoms with E-state index in [1.165, 1.54) is 11.0 Å². The summed E-state index contributed by atoms with van der Waals surface area (Å²) >= 11 is 0. The summed E-state index contributed by atoms with van der Waals surface area (Å²) in [5.74, 6) is -4.36. The van der Waals surface area contributed by atoms with E-state index in [1.54, 1.807) is 0 Å². The van der Waals surface area contributed by atoms with E-state index in [0.717, 1.165) is 35.2 Å². The third-order valence-electron chi connectivity index (χ3n) is 3.85. The largest absolute Gasteiger partial charge is 0.325 e. The summed E-state index contributed by atoms with van der Waals surface area (Å²) in [6, 6.07) is 5.07. The van der Waals surface area contributed by atoms with Gasteiger partial charge in [0.2, 0.25) is 5.91 Å². The van der Waals surface area contributed by atoms with Gasteiger partial charge in [0.15, 0.2) is 11.6 Å². The lowest BCUT2D eigenvalue weighted by Crippen LogP contribution is -2.37. The minimum absolute atomic E-state index is 0.160. The molecule has 1 fully saturated rings. The Morgan fingerprint density at radius 3 is 2.42 bits per heavy atom. The SMILES string of the molecule is O=C(CN1CCN(c2ccc(F)c(F)c2)C1=O)Nc1cc(F)ccc1F. The molecular formula is C17H13F4N3O2. The second-order valence-electron chi connectivity index (χ2n) is 5.63. The van der Waals surface area contributed by atoms with Crippen molar-refractivity contribution >= 4 is 23.3 Å². The van der Waals surface area contributed by atoms with Gasteiger partial charge in [-0.15, -0.1) is 0 Å². The number of rotatable bonds is 4. The Hall–Kier alpha value is -3.10. The minimum Gasteiger partial charge on any atom is -0.322 e. The van der Waals surface area contributed by atoms with E-state index in [2.05, 4.69) is 5.32 Å². The van der Waals surface area contributed by atoms with E-state index in [-0.39, 0.29) is 24.5 Å². The molecule has 0 radical (unpaired) electrons. The summed E-state index contributed by atoms with van der Waals surface area (Å²) in [6.45, 7) is -0.0582. The summed E-state index contributed by atoms with van der Waals surface area (Å²) in [5, 5.41) is 2.19. The molecule has 0 saturated carbocycles. The van der Waals surface area contributed by atoms with E-state index < -0.39 is 41.8 Å². The van der Waals surface area contributed by atoms with E-state index in [1.807, 2.05) is 0 Å². The van der Waals surface area contributed by atoms with E-state index in [9.17, 15) is 27.2 Å². The van der Waals surface area contributed by atoms with Gasteiger partial charge in [-0.1, -0.05) is 0 Å². The maximum absolute atomic E-state index is 13.5. The van der Waals surface area contributed by atoms with Gasteiger partial charge in [0.25, 0.3) is 0 Å². The molecule has 3 amide bonds. The molecule has 9 heteroatoms. The normalized spacial score (nSPS) is 14.1. The number of carbonyl (C=O) groups is 2. The first-order valence-electron chi connectivity index (χ1n) is 7.61. The number of hydrogen-bond donors (Lipinski definition) is 1. The van der Waals surface area contributed by atoms with Crippen molar-refractivity contribution in [1.82, 2.24) is 4.90 Å². The number of carbonyl (C=O) groups excluding carboxylic acids is 2. The van der Waals surface area contributed by atoms with Crippen LogP contribution in [0.5, 0.6) is 0 Å². The number of benzene rings is 2. The lowest BCUT2D eigenvalue weighted by atomic mass is 10.3. The Bertz CT molecular complexity index is 875. The molecule has 2 aromatic rings. The summed E-state index contributed by atoms with van der Waals surface area (Å²) in [7, 11) is 0. The number of nitrogens with zero attached hydrogens (tertiary/aromatic N) is 2. The van der Waals surface area contributed by atoms with Gasteiger partial charge < -0.3 is 10.2 Å². The molecule has 136 valence electrons. The number of nitrogens with one attached hydrogen (secondary N) is 1. The maximum atomic E-state index is 13.5. The van der Waals surface area contributed by atoms with Crippen molar-refractivity contribution in [2.75, 3.05) is 29.9 Å². The number of hydrogen-bond acceptors (Lipinski definition) is 2. The molecule has 5 nitrogen and oxygen atoms in total. The molecule has 1 heterocycles. The van der Waals surface area contributed by atoms with E-state index in [4.69, 9.17) is 0 Å². The molecule has 1 aliphatic rings. The molecule has 0 spiro atoms. The standard InChI is InChI=1S/C17H13F4N3O2/c18-10-1-3-13(20)15(7-10)22-16(25)9-23-5-6-24(17(23)26)11-2-4-12(19)14(21)8-11/h1-4,7-8H,5-6,9H2,(H,22,25). The molecule has 26 heavy (non-hydrogen) atoms. The number of amides is 3. The van der Waals surface area contributed by atoms with Crippen LogP contribution in [-0.4, -0.2) is 36.5 Å². The Morgan fingerprint density at radius 1 is 0.962 bits per heavy atom. The van der Waals surface area contributed by atoms with Crippen LogP contribution in [0.3, 0.4) is 0 Å². The Balaban J connectivity index is 1.65. The van der Waals surface area contributed by atoms with Crippen molar-refractivity contribution in [3.63, 3.8) is 0 Å². The van der Waals surface area contributed by atoms with Crippen LogP contribution in [-0.2, 0) is 4.79 Å². The first kappa shape index (κ1) is 17.7. The number of anilines is 2. The van der Waals surface area contributed by atoms with Gasteiger partial charge in [-0.05, 0) is 24.3 Å². The predicted octanol–water partition coefficient (Wildman–Crippen LogP) is 3.12. The van der Waals surface area contributed by atoms with Crippen LogP contribution in [0.15, 0.2) is 36.4 Å². The van der Waals surface area contributed by atoms with Crippen LogP contribution >= 0.6 is 0 Å². The molecular weight excluding hydrogens is 354 g/mol. The molecule has 0 aromatic heterocycles. The average molecular weight is 367 g/mol. The van der Waals surface area contributed by atoms with Crippen LogP contribution < -0.4 is 10.2 Å². The third kappa shape index (κ3) is 3.61.